The standard InChI is InChI=1S/C10H15F2NO4/c1-9(2,3)17-8(16)13-4-5-6(7(14)15)10(5,11)12/h5-6H,4H2,1-3H3,(H,13,16)(H,14,15)/t5-,6-/m1/s1. The number of ether oxygens (including phenoxy) is 1. The van der Waals surface area contributed by atoms with Crippen LogP contribution >= 0.6 is 0 Å². The van der Waals surface area contributed by atoms with Crippen LogP contribution in [0.4, 0.5) is 13.6 Å². The molecule has 7 heteroatoms. The van der Waals surface area contributed by atoms with Gasteiger partial charge in [0.25, 0.3) is 5.92 Å². The number of carboxylic acid groups (broad SMARTS) is 1. The number of alkyl halides is 2. The molecule has 0 aromatic carbocycles. The first-order valence-corrected chi connectivity index (χ1v) is 5.13. The average Bonchev–Trinajstić information content (AvgIpc) is 2.61. The van der Waals surface area contributed by atoms with Gasteiger partial charge in [0, 0.05) is 6.54 Å². The Bertz CT molecular complexity index is 338. The van der Waals surface area contributed by atoms with Gasteiger partial charge in [0.2, 0.25) is 0 Å². The maximum Gasteiger partial charge on any atom is 0.407 e. The fourth-order valence-electron chi connectivity index (χ4n) is 1.49. The van der Waals surface area contributed by atoms with E-state index in [1.54, 1.807) is 20.8 Å². The van der Waals surface area contributed by atoms with Crippen molar-refractivity contribution in [1.29, 1.82) is 0 Å². The van der Waals surface area contributed by atoms with Crippen LogP contribution in [0.15, 0.2) is 0 Å². The van der Waals surface area contributed by atoms with Crippen molar-refractivity contribution in [3.8, 4) is 0 Å². The topological polar surface area (TPSA) is 75.6 Å². The molecule has 17 heavy (non-hydrogen) atoms. The molecule has 0 aromatic rings. The van der Waals surface area contributed by atoms with E-state index in [9.17, 15) is 18.4 Å². The predicted octanol–water partition coefficient (Wildman–Crippen LogP) is 1.48. The third-order valence-corrected chi connectivity index (χ3v) is 2.33. The van der Waals surface area contributed by atoms with E-state index in [0.29, 0.717) is 0 Å². The summed E-state index contributed by atoms with van der Waals surface area (Å²) >= 11 is 0. The summed E-state index contributed by atoms with van der Waals surface area (Å²) in [4.78, 5) is 21.6. The molecule has 0 aliphatic heterocycles. The zero-order valence-electron chi connectivity index (χ0n) is 9.79. The number of alkyl carbamates (subject to hydrolysis) is 1. The Kier molecular flexibility index (Phi) is 3.31. The zero-order chi connectivity index (χ0) is 13.4. The molecule has 2 N–H and O–H groups in total. The fourth-order valence-corrected chi connectivity index (χ4v) is 1.49. The molecule has 0 bridgehead atoms. The summed E-state index contributed by atoms with van der Waals surface area (Å²) in [6.07, 6.45) is -0.829. The Morgan fingerprint density at radius 2 is 1.94 bits per heavy atom. The number of amides is 1. The number of carbonyl (C=O) groups is 2. The van der Waals surface area contributed by atoms with Crippen LogP contribution in [-0.2, 0) is 9.53 Å². The van der Waals surface area contributed by atoms with E-state index in [-0.39, 0.29) is 0 Å². The van der Waals surface area contributed by atoms with Crippen molar-refractivity contribution in [3.05, 3.63) is 0 Å². The number of aliphatic carboxylic acids is 1. The highest BCUT2D eigenvalue weighted by Crippen LogP contribution is 2.54. The van der Waals surface area contributed by atoms with E-state index in [2.05, 4.69) is 5.32 Å². The monoisotopic (exact) mass is 251 g/mol. The third kappa shape index (κ3) is 3.28. The zero-order valence-corrected chi connectivity index (χ0v) is 9.79. The van der Waals surface area contributed by atoms with Crippen LogP contribution in [0.25, 0.3) is 0 Å². The van der Waals surface area contributed by atoms with Gasteiger partial charge in [-0.15, -0.1) is 0 Å². The molecule has 5 nitrogen and oxygen atoms in total. The Morgan fingerprint density at radius 3 is 2.29 bits per heavy atom. The molecule has 1 amide bonds. The number of hydrogen-bond donors (Lipinski definition) is 2. The highest BCUT2D eigenvalue weighted by molar-refractivity contribution is 5.76. The van der Waals surface area contributed by atoms with Gasteiger partial charge in [-0.3, -0.25) is 4.79 Å². The van der Waals surface area contributed by atoms with Crippen molar-refractivity contribution < 1.29 is 28.2 Å². The molecule has 0 saturated heterocycles. The molecular weight excluding hydrogens is 236 g/mol. The molecule has 1 rings (SSSR count). The van der Waals surface area contributed by atoms with Crippen molar-refractivity contribution in [2.75, 3.05) is 6.54 Å². The number of carboxylic acids is 1. The molecular formula is C10H15F2NO4. The Morgan fingerprint density at radius 1 is 1.41 bits per heavy atom. The molecule has 2 atom stereocenters. The van der Waals surface area contributed by atoms with Gasteiger partial charge in [-0.25, -0.2) is 13.6 Å². The van der Waals surface area contributed by atoms with Crippen molar-refractivity contribution >= 4 is 12.1 Å². The first kappa shape index (κ1) is 13.7. The molecule has 1 aliphatic carbocycles. The molecule has 98 valence electrons. The van der Waals surface area contributed by atoms with Crippen LogP contribution in [0.2, 0.25) is 0 Å². The number of halogens is 2. The predicted molar refractivity (Wildman–Crippen MR) is 53.8 cm³/mol. The minimum Gasteiger partial charge on any atom is -0.481 e. The highest BCUT2D eigenvalue weighted by atomic mass is 19.3. The van der Waals surface area contributed by atoms with Gasteiger partial charge in [0.05, 0.1) is 5.92 Å². The van der Waals surface area contributed by atoms with E-state index >= 15 is 0 Å². The summed E-state index contributed by atoms with van der Waals surface area (Å²) in [6.45, 7) is 4.51. The van der Waals surface area contributed by atoms with E-state index in [4.69, 9.17) is 9.84 Å². The van der Waals surface area contributed by atoms with Crippen molar-refractivity contribution in [2.45, 2.75) is 32.3 Å². The SMILES string of the molecule is CC(C)(C)OC(=O)NC[C@@H]1[C@H](C(=O)O)C1(F)F. The largest absolute Gasteiger partial charge is 0.481 e. The van der Waals surface area contributed by atoms with Gasteiger partial charge in [0.15, 0.2) is 0 Å². The lowest BCUT2D eigenvalue weighted by Gasteiger charge is -2.19. The summed E-state index contributed by atoms with van der Waals surface area (Å²) < 4.78 is 30.7. The lowest BCUT2D eigenvalue weighted by Crippen LogP contribution is -2.34. The molecule has 0 aromatic heterocycles. The van der Waals surface area contributed by atoms with Crippen molar-refractivity contribution in [3.63, 3.8) is 0 Å². The van der Waals surface area contributed by atoms with Crippen LogP contribution in [0.3, 0.4) is 0 Å². The lowest BCUT2D eigenvalue weighted by atomic mass is 10.2. The van der Waals surface area contributed by atoms with E-state index in [1.165, 1.54) is 0 Å². The van der Waals surface area contributed by atoms with Gasteiger partial charge in [-0.2, -0.15) is 0 Å². The van der Waals surface area contributed by atoms with Crippen LogP contribution < -0.4 is 5.32 Å². The minimum absolute atomic E-state index is 0.404. The van der Waals surface area contributed by atoms with Crippen molar-refractivity contribution in [1.82, 2.24) is 5.32 Å². The van der Waals surface area contributed by atoms with Crippen LogP contribution in [0, 0.1) is 11.8 Å². The minimum atomic E-state index is -3.25. The van der Waals surface area contributed by atoms with Crippen LogP contribution in [-0.4, -0.2) is 35.2 Å². The Balaban J connectivity index is 2.39. The van der Waals surface area contributed by atoms with Gasteiger partial charge in [-0.05, 0) is 20.8 Å². The maximum atomic E-state index is 12.9. The lowest BCUT2D eigenvalue weighted by molar-refractivity contribution is -0.140. The second kappa shape index (κ2) is 4.12. The molecule has 1 aliphatic rings. The van der Waals surface area contributed by atoms with Gasteiger partial charge >= 0.3 is 12.1 Å². The number of hydrogen-bond acceptors (Lipinski definition) is 3. The van der Waals surface area contributed by atoms with Crippen LogP contribution in [0.5, 0.6) is 0 Å². The number of carbonyl (C=O) groups excluding carboxylic acids is 1. The van der Waals surface area contributed by atoms with E-state index < -0.39 is 42.0 Å². The highest BCUT2D eigenvalue weighted by Gasteiger charge is 2.72. The molecule has 0 radical (unpaired) electrons. The Labute approximate surface area is 97.1 Å². The average molecular weight is 251 g/mol. The normalized spacial score (nSPS) is 26.2. The fraction of sp³-hybridized carbons (Fsp3) is 0.800. The van der Waals surface area contributed by atoms with Gasteiger partial charge in [-0.1, -0.05) is 0 Å². The molecule has 0 heterocycles. The molecule has 1 saturated carbocycles. The smallest absolute Gasteiger partial charge is 0.407 e. The summed E-state index contributed by atoms with van der Waals surface area (Å²) in [6, 6.07) is 0. The Hall–Kier alpha value is -1.40. The number of rotatable bonds is 3. The molecule has 0 unspecified atom stereocenters. The second-order valence-corrected chi connectivity index (χ2v) is 4.98. The second-order valence-electron chi connectivity index (χ2n) is 4.98. The third-order valence-electron chi connectivity index (χ3n) is 2.33. The van der Waals surface area contributed by atoms with Gasteiger partial charge < -0.3 is 15.2 Å². The summed E-state index contributed by atoms with van der Waals surface area (Å²) in [5, 5.41) is 10.6. The van der Waals surface area contributed by atoms with E-state index in [1.807, 2.05) is 0 Å². The van der Waals surface area contributed by atoms with Crippen molar-refractivity contribution in [2.24, 2.45) is 11.8 Å². The first-order valence-electron chi connectivity index (χ1n) is 5.13. The maximum absolute atomic E-state index is 12.9. The van der Waals surface area contributed by atoms with Gasteiger partial charge in [0.1, 0.15) is 11.5 Å². The quantitative estimate of drug-likeness (QED) is 0.796. The summed E-state index contributed by atoms with van der Waals surface area (Å²) in [7, 11) is 0. The summed E-state index contributed by atoms with van der Waals surface area (Å²) in [5.41, 5.74) is -0.720. The van der Waals surface area contributed by atoms with Crippen LogP contribution in [0.1, 0.15) is 20.8 Å². The molecule has 1 fully saturated rings. The van der Waals surface area contributed by atoms with E-state index in [0.717, 1.165) is 0 Å². The molecule has 0 spiro atoms. The first-order chi connectivity index (χ1) is 7.55. The number of nitrogens with one attached hydrogen (secondary N) is 1. The summed E-state index contributed by atoms with van der Waals surface area (Å²) in [5.74, 6) is -7.86.